The maximum atomic E-state index is 11.1. The van der Waals surface area contributed by atoms with Crippen molar-refractivity contribution in [3.63, 3.8) is 0 Å². The van der Waals surface area contributed by atoms with Gasteiger partial charge in [0.15, 0.2) is 5.82 Å². The molecule has 3 rings (SSSR count). The van der Waals surface area contributed by atoms with E-state index in [-0.39, 0.29) is 12.3 Å². The van der Waals surface area contributed by atoms with Crippen LogP contribution >= 0.6 is 0 Å². The zero-order chi connectivity index (χ0) is 15.5. The van der Waals surface area contributed by atoms with Crippen LogP contribution in [0, 0.1) is 0 Å². The molecule has 2 aromatic rings. The van der Waals surface area contributed by atoms with Crippen molar-refractivity contribution in [1.82, 2.24) is 24.5 Å². The predicted molar refractivity (Wildman–Crippen MR) is 81.1 cm³/mol. The number of rotatable bonds is 6. The summed E-state index contributed by atoms with van der Waals surface area (Å²) in [4.78, 5) is 15.7. The number of nitrogens with two attached hydrogens (primary N) is 1. The lowest BCUT2D eigenvalue weighted by Crippen LogP contribution is -2.21. The van der Waals surface area contributed by atoms with Gasteiger partial charge in [0.05, 0.1) is 6.42 Å². The third-order valence-electron chi connectivity index (χ3n) is 4.11. The van der Waals surface area contributed by atoms with E-state index < -0.39 is 0 Å². The average Bonchev–Trinajstić information content (AvgIpc) is 3.10. The second-order valence-corrected chi connectivity index (χ2v) is 5.84. The third-order valence-corrected chi connectivity index (χ3v) is 4.11. The van der Waals surface area contributed by atoms with Crippen LogP contribution in [-0.2, 0) is 30.7 Å². The highest BCUT2D eigenvalue weighted by Gasteiger charge is 2.25. The fourth-order valence-corrected chi connectivity index (χ4v) is 3.00. The van der Waals surface area contributed by atoms with Gasteiger partial charge in [-0.25, -0.2) is 9.67 Å². The largest absolute Gasteiger partial charge is 0.369 e. The SMILES string of the molecule is CCCCn1nc(CC(N)=O)nc1C1CCn2nccc2C1. The Morgan fingerprint density at radius 3 is 3.14 bits per heavy atom. The molecule has 7 heteroatoms. The van der Waals surface area contributed by atoms with Gasteiger partial charge in [0, 0.05) is 30.9 Å². The summed E-state index contributed by atoms with van der Waals surface area (Å²) in [5, 5.41) is 8.80. The number of hydrogen-bond acceptors (Lipinski definition) is 4. The highest BCUT2D eigenvalue weighted by Crippen LogP contribution is 2.28. The van der Waals surface area contributed by atoms with Crippen LogP contribution in [-0.4, -0.2) is 30.5 Å². The molecule has 7 nitrogen and oxygen atoms in total. The fourth-order valence-electron chi connectivity index (χ4n) is 3.00. The molecule has 3 heterocycles. The number of unbranched alkanes of at least 4 members (excludes halogenated alkanes) is 1. The number of carbonyl (C=O) groups is 1. The highest BCUT2D eigenvalue weighted by molar-refractivity contribution is 5.75. The summed E-state index contributed by atoms with van der Waals surface area (Å²) in [6.45, 7) is 3.90. The van der Waals surface area contributed by atoms with Gasteiger partial charge < -0.3 is 5.73 Å². The quantitative estimate of drug-likeness (QED) is 0.862. The van der Waals surface area contributed by atoms with Crippen molar-refractivity contribution in [1.29, 1.82) is 0 Å². The molecule has 0 fully saturated rings. The summed E-state index contributed by atoms with van der Waals surface area (Å²) in [5.41, 5.74) is 6.51. The summed E-state index contributed by atoms with van der Waals surface area (Å²) in [5.74, 6) is 1.46. The van der Waals surface area contributed by atoms with Gasteiger partial charge in [-0.2, -0.15) is 10.2 Å². The molecule has 1 aliphatic heterocycles. The molecule has 1 atom stereocenters. The van der Waals surface area contributed by atoms with E-state index in [2.05, 4.69) is 28.2 Å². The number of nitrogens with zero attached hydrogens (tertiary/aromatic N) is 5. The summed E-state index contributed by atoms with van der Waals surface area (Å²) >= 11 is 0. The number of hydrogen-bond donors (Lipinski definition) is 1. The number of fused-ring (bicyclic) bond motifs is 1. The normalized spacial score (nSPS) is 17.4. The Labute approximate surface area is 129 Å². The molecule has 0 saturated heterocycles. The molecule has 1 unspecified atom stereocenters. The first-order valence-electron chi connectivity index (χ1n) is 7.90. The zero-order valence-corrected chi connectivity index (χ0v) is 12.9. The molecular weight excluding hydrogens is 280 g/mol. The van der Waals surface area contributed by atoms with Crippen molar-refractivity contribution in [2.45, 2.75) is 58.0 Å². The monoisotopic (exact) mass is 302 g/mol. The number of aryl methyl sites for hydroxylation is 2. The molecule has 22 heavy (non-hydrogen) atoms. The summed E-state index contributed by atoms with van der Waals surface area (Å²) < 4.78 is 4.02. The van der Waals surface area contributed by atoms with Gasteiger partial charge in [-0.3, -0.25) is 9.48 Å². The molecule has 0 spiro atoms. The van der Waals surface area contributed by atoms with E-state index in [9.17, 15) is 4.79 Å². The predicted octanol–water partition coefficient (Wildman–Crippen LogP) is 1.03. The van der Waals surface area contributed by atoms with Crippen LogP contribution in [0.1, 0.15) is 49.4 Å². The molecular formula is C15H22N6O. The van der Waals surface area contributed by atoms with Gasteiger partial charge >= 0.3 is 0 Å². The first kappa shape index (κ1) is 14.7. The second kappa shape index (κ2) is 6.29. The molecule has 0 aromatic carbocycles. The van der Waals surface area contributed by atoms with Crippen LogP contribution in [0.2, 0.25) is 0 Å². The number of primary amides is 1. The molecule has 1 amide bonds. The molecule has 0 bridgehead atoms. The van der Waals surface area contributed by atoms with Crippen molar-refractivity contribution in [2.75, 3.05) is 0 Å². The van der Waals surface area contributed by atoms with Crippen molar-refractivity contribution >= 4 is 5.91 Å². The van der Waals surface area contributed by atoms with E-state index in [0.717, 1.165) is 44.6 Å². The summed E-state index contributed by atoms with van der Waals surface area (Å²) in [7, 11) is 0. The number of carbonyl (C=O) groups excluding carboxylic acids is 1. The Morgan fingerprint density at radius 2 is 2.36 bits per heavy atom. The first-order valence-corrected chi connectivity index (χ1v) is 7.90. The minimum atomic E-state index is -0.388. The van der Waals surface area contributed by atoms with Crippen molar-refractivity contribution in [2.24, 2.45) is 5.73 Å². The van der Waals surface area contributed by atoms with Crippen LogP contribution in [0.15, 0.2) is 12.3 Å². The van der Waals surface area contributed by atoms with Gasteiger partial charge in [-0.1, -0.05) is 13.3 Å². The molecule has 1 aliphatic rings. The van der Waals surface area contributed by atoms with Crippen LogP contribution in [0.4, 0.5) is 0 Å². The van der Waals surface area contributed by atoms with Gasteiger partial charge in [0.1, 0.15) is 5.82 Å². The Kier molecular flexibility index (Phi) is 4.22. The van der Waals surface area contributed by atoms with Crippen LogP contribution in [0.5, 0.6) is 0 Å². The molecule has 0 aliphatic carbocycles. The van der Waals surface area contributed by atoms with Crippen LogP contribution in [0.25, 0.3) is 0 Å². The van der Waals surface area contributed by atoms with E-state index in [0.29, 0.717) is 11.7 Å². The van der Waals surface area contributed by atoms with Crippen LogP contribution < -0.4 is 5.73 Å². The van der Waals surface area contributed by atoms with Crippen molar-refractivity contribution in [3.05, 3.63) is 29.6 Å². The molecule has 0 saturated carbocycles. The Morgan fingerprint density at radius 1 is 1.50 bits per heavy atom. The van der Waals surface area contributed by atoms with Crippen molar-refractivity contribution < 1.29 is 4.79 Å². The van der Waals surface area contributed by atoms with E-state index in [1.807, 2.05) is 15.6 Å². The maximum Gasteiger partial charge on any atom is 0.225 e. The van der Waals surface area contributed by atoms with Gasteiger partial charge in [-0.15, -0.1) is 0 Å². The van der Waals surface area contributed by atoms with E-state index in [4.69, 9.17) is 5.73 Å². The highest BCUT2D eigenvalue weighted by atomic mass is 16.1. The summed E-state index contributed by atoms with van der Waals surface area (Å²) in [6.07, 6.45) is 6.02. The van der Waals surface area contributed by atoms with E-state index in [1.54, 1.807) is 0 Å². The molecule has 2 N–H and O–H groups in total. The third kappa shape index (κ3) is 3.03. The van der Waals surface area contributed by atoms with Gasteiger partial charge in [-0.05, 0) is 25.3 Å². The number of aromatic nitrogens is 5. The first-order chi connectivity index (χ1) is 10.7. The van der Waals surface area contributed by atoms with E-state index >= 15 is 0 Å². The fraction of sp³-hybridized carbons (Fsp3) is 0.600. The Balaban J connectivity index is 1.84. The smallest absolute Gasteiger partial charge is 0.225 e. The van der Waals surface area contributed by atoms with Crippen molar-refractivity contribution in [3.8, 4) is 0 Å². The minimum absolute atomic E-state index is 0.108. The van der Waals surface area contributed by atoms with Crippen LogP contribution in [0.3, 0.4) is 0 Å². The second-order valence-electron chi connectivity index (χ2n) is 5.84. The Hall–Kier alpha value is -2.18. The Bertz CT molecular complexity index is 659. The van der Waals surface area contributed by atoms with Gasteiger partial charge in [0.25, 0.3) is 0 Å². The molecule has 0 radical (unpaired) electrons. The number of amides is 1. The van der Waals surface area contributed by atoms with Gasteiger partial charge in [0.2, 0.25) is 5.91 Å². The standard InChI is InChI=1S/C15H22N6O/c1-2-3-7-21-15(18-14(19-21)10-13(16)22)11-5-8-20-12(9-11)4-6-17-20/h4,6,11H,2-3,5,7-10H2,1H3,(H2,16,22). The average molecular weight is 302 g/mol. The minimum Gasteiger partial charge on any atom is -0.369 e. The molecule has 118 valence electrons. The zero-order valence-electron chi connectivity index (χ0n) is 12.9. The lowest BCUT2D eigenvalue weighted by molar-refractivity contribution is -0.117. The lowest BCUT2D eigenvalue weighted by Gasteiger charge is -2.23. The summed E-state index contributed by atoms with van der Waals surface area (Å²) in [6, 6.07) is 2.06. The maximum absolute atomic E-state index is 11.1. The van der Waals surface area contributed by atoms with E-state index in [1.165, 1.54) is 5.69 Å². The lowest BCUT2D eigenvalue weighted by atomic mass is 9.95. The molecule has 2 aromatic heterocycles. The topological polar surface area (TPSA) is 91.6 Å².